The quantitative estimate of drug-likeness (QED) is 0.722. The third-order valence-electron chi connectivity index (χ3n) is 2.67. The van der Waals surface area contributed by atoms with Gasteiger partial charge in [-0.15, -0.1) is 0 Å². The Kier molecular flexibility index (Phi) is 4.30. The number of hydrogen-bond donors (Lipinski definition) is 1. The summed E-state index contributed by atoms with van der Waals surface area (Å²) in [4.78, 5) is 26.9. The Bertz CT molecular complexity index is 648. The van der Waals surface area contributed by atoms with E-state index < -0.39 is 11.2 Å². The van der Waals surface area contributed by atoms with E-state index in [2.05, 4.69) is 18.8 Å². The lowest BCUT2D eigenvalue weighted by molar-refractivity contribution is 0.707. The van der Waals surface area contributed by atoms with Gasteiger partial charge in [0.2, 0.25) is 0 Å². The summed E-state index contributed by atoms with van der Waals surface area (Å²) in [6.07, 6.45) is 3.94. The van der Waals surface area contributed by atoms with E-state index in [4.69, 9.17) is 5.84 Å². The highest BCUT2D eigenvalue weighted by atomic mass is 16.2. The Balaban J connectivity index is 0.000000357. The lowest BCUT2D eigenvalue weighted by Gasteiger charge is -2.02. The standard InChI is InChI=1S/C7H9N5O2.C4H10/c1-10-5-4(12(8)3-9-5)6(13)11(2)7(10)14;1-3-4-2/h3H,8H2,1-2H3;3-4H2,1-2H3. The third-order valence-corrected chi connectivity index (χ3v) is 2.67. The molecule has 2 heterocycles. The number of rotatable bonds is 1. The number of unbranched alkanes of at least 4 members (excludes halogenated alkanes) is 1. The zero-order valence-electron chi connectivity index (χ0n) is 11.2. The minimum absolute atomic E-state index is 0.217. The van der Waals surface area contributed by atoms with Crippen LogP contribution < -0.4 is 17.1 Å². The smallest absolute Gasteiger partial charge is 0.332 e. The van der Waals surface area contributed by atoms with Crippen LogP contribution in [-0.4, -0.2) is 18.8 Å². The van der Waals surface area contributed by atoms with Crippen LogP contribution in [0.2, 0.25) is 0 Å². The minimum Gasteiger partial charge on any atom is -0.337 e. The first-order valence-corrected chi connectivity index (χ1v) is 5.83. The van der Waals surface area contributed by atoms with E-state index in [1.807, 2.05) is 0 Å². The van der Waals surface area contributed by atoms with Crippen LogP contribution in [-0.2, 0) is 14.1 Å². The summed E-state index contributed by atoms with van der Waals surface area (Å²) < 4.78 is 3.38. The Morgan fingerprint density at radius 1 is 1.17 bits per heavy atom. The maximum atomic E-state index is 11.6. The molecule has 100 valence electrons. The average Bonchev–Trinajstić information content (AvgIpc) is 2.76. The number of aryl methyl sites for hydroxylation is 1. The van der Waals surface area contributed by atoms with Crippen molar-refractivity contribution in [3.8, 4) is 0 Å². The van der Waals surface area contributed by atoms with Gasteiger partial charge in [-0.3, -0.25) is 13.9 Å². The second kappa shape index (κ2) is 5.52. The van der Waals surface area contributed by atoms with Gasteiger partial charge >= 0.3 is 5.69 Å². The highest BCUT2D eigenvalue weighted by Gasteiger charge is 2.12. The van der Waals surface area contributed by atoms with Crippen LogP contribution in [0.5, 0.6) is 0 Å². The van der Waals surface area contributed by atoms with Crippen molar-refractivity contribution in [2.75, 3.05) is 5.84 Å². The van der Waals surface area contributed by atoms with Crippen LogP contribution in [0, 0.1) is 0 Å². The number of nitrogens with two attached hydrogens (primary N) is 1. The first-order valence-electron chi connectivity index (χ1n) is 5.83. The Morgan fingerprint density at radius 3 is 2.22 bits per heavy atom. The molecule has 7 nitrogen and oxygen atoms in total. The second-order valence-electron chi connectivity index (χ2n) is 4.03. The summed E-state index contributed by atoms with van der Waals surface area (Å²) in [5.41, 5.74) is -0.348. The van der Waals surface area contributed by atoms with Crippen molar-refractivity contribution >= 4 is 11.2 Å². The van der Waals surface area contributed by atoms with Crippen molar-refractivity contribution in [1.29, 1.82) is 0 Å². The molecule has 0 aromatic carbocycles. The lowest BCUT2D eigenvalue weighted by atomic mass is 10.4. The van der Waals surface area contributed by atoms with E-state index in [1.54, 1.807) is 0 Å². The molecule has 0 unspecified atom stereocenters. The molecule has 0 amide bonds. The number of imidazole rings is 1. The van der Waals surface area contributed by atoms with Gasteiger partial charge in [-0.1, -0.05) is 26.7 Å². The van der Waals surface area contributed by atoms with Gasteiger partial charge in [-0.25, -0.2) is 14.5 Å². The minimum atomic E-state index is -0.442. The predicted octanol–water partition coefficient (Wildman–Crippen LogP) is -0.0461. The molecule has 0 fully saturated rings. The van der Waals surface area contributed by atoms with Gasteiger partial charge in [-0.2, -0.15) is 0 Å². The molecule has 0 atom stereocenters. The molecule has 0 aliphatic carbocycles. The summed E-state index contributed by atoms with van der Waals surface area (Å²) in [5.74, 6) is 5.49. The first-order chi connectivity index (χ1) is 8.45. The molecular formula is C11H19N5O2. The fourth-order valence-electron chi connectivity index (χ4n) is 1.36. The Hall–Kier alpha value is -2.05. The van der Waals surface area contributed by atoms with Crippen molar-refractivity contribution in [2.45, 2.75) is 26.7 Å². The van der Waals surface area contributed by atoms with Gasteiger partial charge in [0.15, 0.2) is 11.2 Å². The maximum Gasteiger partial charge on any atom is 0.332 e. The molecule has 7 heteroatoms. The van der Waals surface area contributed by atoms with Crippen LogP contribution in [0.4, 0.5) is 0 Å². The monoisotopic (exact) mass is 253 g/mol. The molecule has 2 N–H and O–H groups in total. The summed E-state index contributed by atoms with van der Waals surface area (Å²) in [6, 6.07) is 0. The Morgan fingerprint density at radius 2 is 1.72 bits per heavy atom. The van der Waals surface area contributed by atoms with Crippen LogP contribution in [0.15, 0.2) is 15.9 Å². The van der Waals surface area contributed by atoms with Crippen molar-refractivity contribution in [1.82, 2.24) is 18.8 Å². The van der Waals surface area contributed by atoms with Crippen molar-refractivity contribution < 1.29 is 0 Å². The lowest BCUT2D eigenvalue weighted by Crippen LogP contribution is -2.38. The van der Waals surface area contributed by atoms with Crippen LogP contribution in [0.1, 0.15) is 26.7 Å². The van der Waals surface area contributed by atoms with Gasteiger partial charge < -0.3 is 5.84 Å². The van der Waals surface area contributed by atoms with Gasteiger partial charge in [-0.05, 0) is 0 Å². The molecule has 18 heavy (non-hydrogen) atoms. The zero-order chi connectivity index (χ0) is 13.9. The highest BCUT2D eigenvalue weighted by Crippen LogP contribution is 2.00. The fraction of sp³-hybridized carbons (Fsp3) is 0.545. The Labute approximate surface area is 104 Å². The molecule has 2 aromatic heterocycles. The molecular weight excluding hydrogens is 234 g/mol. The van der Waals surface area contributed by atoms with Gasteiger partial charge in [0.1, 0.15) is 6.33 Å². The fourth-order valence-corrected chi connectivity index (χ4v) is 1.36. The number of nitrogens with zero attached hydrogens (tertiary/aromatic N) is 4. The van der Waals surface area contributed by atoms with E-state index in [-0.39, 0.29) is 5.52 Å². The molecule has 2 aromatic rings. The number of aromatic nitrogens is 4. The van der Waals surface area contributed by atoms with Crippen molar-refractivity contribution in [2.24, 2.45) is 14.1 Å². The number of nitrogen functional groups attached to an aromatic ring is 1. The van der Waals surface area contributed by atoms with E-state index in [0.717, 1.165) is 9.24 Å². The highest BCUT2D eigenvalue weighted by molar-refractivity contribution is 5.69. The summed E-state index contributed by atoms with van der Waals surface area (Å²) >= 11 is 0. The summed E-state index contributed by atoms with van der Waals surface area (Å²) in [6.45, 7) is 4.36. The van der Waals surface area contributed by atoms with E-state index >= 15 is 0 Å². The summed E-state index contributed by atoms with van der Waals surface area (Å²) in [7, 11) is 2.94. The molecule has 0 saturated heterocycles. The van der Waals surface area contributed by atoms with Crippen molar-refractivity contribution in [3.63, 3.8) is 0 Å². The van der Waals surface area contributed by atoms with Crippen LogP contribution in [0.25, 0.3) is 11.2 Å². The first kappa shape index (κ1) is 14.0. The normalized spacial score (nSPS) is 10.2. The number of fused-ring (bicyclic) bond motifs is 1. The van der Waals surface area contributed by atoms with Crippen LogP contribution in [0.3, 0.4) is 0 Å². The third kappa shape index (κ3) is 2.29. The molecule has 2 rings (SSSR count). The zero-order valence-corrected chi connectivity index (χ0v) is 11.2. The molecule has 0 bridgehead atoms. The number of hydrogen-bond acceptors (Lipinski definition) is 4. The maximum absolute atomic E-state index is 11.6. The van der Waals surface area contributed by atoms with Crippen molar-refractivity contribution in [3.05, 3.63) is 27.2 Å². The van der Waals surface area contributed by atoms with E-state index in [1.165, 1.54) is 37.8 Å². The average molecular weight is 253 g/mol. The molecule has 0 aliphatic heterocycles. The van der Waals surface area contributed by atoms with Gasteiger partial charge in [0, 0.05) is 14.1 Å². The molecule has 0 spiro atoms. The van der Waals surface area contributed by atoms with Gasteiger partial charge in [0.25, 0.3) is 5.56 Å². The molecule has 0 radical (unpaired) electrons. The molecule has 0 aliphatic rings. The summed E-state index contributed by atoms with van der Waals surface area (Å²) in [5, 5.41) is 0. The largest absolute Gasteiger partial charge is 0.337 e. The topological polar surface area (TPSA) is 87.8 Å². The molecule has 0 saturated carbocycles. The second-order valence-corrected chi connectivity index (χ2v) is 4.03. The SMILES string of the molecule is CCCC.Cn1c(=O)c2c(ncn2N)n(C)c1=O. The van der Waals surface area contributed by atoms with E-state index in [9.17, 15) is 9.59 Å². The predicted molar refractivity (Wildman–Crippen MR) is 70.9 cm³/mol. The van der Waals surface area contributed by atoms with E-state index in [0.29, 0.717) is 5.65 Å². The van der Waals surface area contributed by atoms with Crippen LogP contribution >= 0.6 is 0 Å². The van der Waals surface area contributed by atoms with Gasteiger partial charge in [0.05, 0.1) is 0 Å².